The second-order valence-corrected chi connectivity index (χ2v) is 7.15. The summed E-state index contributed by atoms with van der Waals surface area (Å²) in [5.41, 5.74) is 0.815. The van der Waals surface area contributed by atoms with E-state index >= 15 is 0 Å². The van der Waals surface area contributed by atoms with Crippen LogP contribution in [0.1, 0.15) is 36.3 Å². The predicted octanol–water partition coefficient (Wildman–Crippen LogP) is 0.654. The average Bonchev–Trinajstić information content (AvgIpc) is 2.62. The summed E-state index contributed by atoms with van der Waals surface area (Å²) >= 11 is 0. The summed E-state index contributed by atoms with van der Waals surface area (Å²) in [5, 5.41) is 3.17. The van der Waals surface area contributed by atoms with E-state index in [9.17, 15) is 8.42 Å². The van der Waals surface area contributed by atoms with E-state index in [0.717, 1.165) is 37.5 Å². The highest BCUT2D eigenvalue weighted by atomic mass is 32.2. The molecule has 2 fully saturated rings. The van der Waals surface area contributed by atoms with Crippen molar-refractivity contribution in [1.82, 2.24) is 10.3 Å². The molecule has 0 aromatic carbocycles. The molecule has 94 valence electrons. The minimum atomic E-state index is -2.88. The molecule has 2 saturated heterocycles. The molecule has 1 aromatic rings. The summed E-state index contributed by atoms with van der Waals surface area (Å²) in [4.78, 5) is 4.45. The van der Waals surface area contributed by atoms with Crippen LogP contribution in [0.4, 0.5) is 0 Å². The number of nitrogens with zero attached hydrogens (tertiary/aromatic N) is 1. The molecule has 2 aliphatic heterocycles. The molecule has 3 heterocycles. The molecule has 0 bridgehead atoms. The van der Waals surface area contributed by atoms with Crippen LogP contribution in [0.5, 0.6) is 0 Å². The summed E-state index contributed by atoms with van der Waals surface area (Å²) in [6, 6.07) is 0. The second-order valence-electron chi connectivity index (χ2n) is 4.92. The molecule has 3 rings (SSSR count). The summed E-state index contributed by atoms with van der Waals surface area (Å²) in [6.45, 7) is 1.81. The van der Waals surface area contributed by atoms with Gasteiger partial charge in [0.05, 0.1) is 23.1 Å². The normalized spacial score (nSPS) is 28.8. The number of hydrogen-bond donors (Lipinski definition) is 1. The quantitative estimate of drug-likeness (QED) is 0.841. The molecule has 6 heteroatoms. The van der Waals surface area contributed by atoms with Gasteiger partial charge in [-0.05, 0) is 12.8 Å². The Hall–Kier alpha value is -0.880. The maximum atomic E-state index is 11.6. The third kappa shape index (κ3) is 2.24. The zero-order valence-corrected chi connectivity index (χ0v) is 10.4. The Morgan fingerprint density at radius 2 is 2.18 bits per heavy atom. The summed E-state index contributed by atoms with van der Waals surface area (Å²) < 4.78 is 28.6. The number of oxazole rings is 1. The second kappa shape index (κ2) is 4.10. The molecule has 0 aliphatic carbocycles. The molecule has 1 atom stereocenters. The van der Waals surface area contributed by atoms with Crippen molar-refractivity contribution in [1.29, 1.82) is 0 Å². The largest absolute Gasteiger partial charge is 0.448 e. The van der Waals surface area contributed by atoms with Crippen LogP contribution in [0.3, 0.4) is 0 Å². The molecule has 1 aromatic heterocycles. The van der Waals surface area contributed by atoms with Gasteiger partial charge in [-0.15, -0.1) is 0 Å². The van der Waals surface area contributed by atoms with Gasteiger partial charge in [-0.1, -0.05) is 0 Å². The lowest BCUT2D eigenvalue weighted by molar-refractivity contribution is 0.357. The molecular weight excluding hydrogens is 240 g/mol. The van der Waals surface area contributed by atoms with Crippen molar-refractivity contribution in [3.63, 3.8) is 0 Å². The van der Waals surface area contributed by atoms with E-state index in [1.165, 1.54) is 0 Å². The number of rotatable bonds is 2. The Bertz CT molecular complexity index is 505. The minimum absolute atomic E-state index is 0.0271. The molecular formula is C11H16N2O3S. The van der Waals surface area contributed by atoms with Gasteiger partial charge in [0.2, 0.25) is 0 Å². The Morgan fingerprint density at radius 1 is 1.35 bits per heavy atom. The Kier molecular flexibility index (Phi) is 2.71. The lowest BCUT2D eigenvalue weighted by Gasteiger charge is -2.23. The van der Waals surface area contributed by atoms with Gasteiger partial charge < -0.3 is 9.73 Å². The van der Waals surface area contributed by atoms with Gasteiger partial charge in [-0.3, -0.25) is 0 Å². The van der Waals surface area contributed by atoms with E-state index in [1.807, 2.05) is 0 Å². The van der Waals surface area contributed by atoms with Crippen molar-refractivity contribution in [2.24, 2.45) is 0 Å². The first-order chi connectivity index (χ1) is 8.14. The fourth-order valence-corrected chi connectivity index (χ4v) is 4.12. The fourth-order valence-electron chi connectivity index (χ4n) is 2.40. The van der Waals surface area contributed by atoms with Gasteiger partial charge in [0.25, 0.3) is 0 Å². The van der Waals surface area contributed by atoms with Crippen LogP contribution in [-0.4, -0.2) is 38.0 Å². The fraction of sp³-hybridized carbons (Fsp3) is 0.727. The maximum absolute atomic E-state index is 11.6. The highest BCUT2D eigenvalue weighted by Crippen LogP contribution is 2.29. The minimum Gasteiger partial charge on any atom is -0.448 e. The average molecular weight is 256 g/mol. The van der Waals surface area contributed by atoms with Crippen LogP contribution in [0.2, 0.25) is 0 Å². The van der Waals surface area contributed by atoms with Crippen LogP contribution in [0.15, 0.2) is 10.7 Å². The van der Waals surface area contributed by atoms with Gasteiger partial charge in [0, 0.05) is 19.0 Å². The smallest absolute Gasteiger partial charge is 0.199 e. The van der Waals surface area contributed by atoms with E-state index in [0.29, 0.717) is 11.7 Å². The molecule has 1 unspecified atom stereocenters. The van der Waals surface area contributed by atoms with Crippen LogP contribution in [-0.2, 0) is 9.84 Å². The number of sulfone groups is 1. The molecule has 17 heavy (non-hydrogen) atoms. The van der Waals surface area contributed by atoms with E-state index in [-0.39, 0.29) is 11.7 Å². The van der Waals surface area contributed by atoms with Gasteiger partial charge in [0.1, 0.15) is 6.26 Å². The zero-order valence-electron chi connectivity index (χ0n) is 9.55. The molecule has 0 amide bonds. The van der Waals surface area contributed by atoms with Crippen molar-refractivity contribution >= 4 is 9.84 Å². The Morgan fingerprint density at radius 3 is 2.82 bits per heavy atom. The number of aromatic nitrogens is 1. The van der Waals surface area contributed by atoms with E-state index in [1.54, 1.807) is 6.26 Å². The van der Waals surface area contributed by atoms with Crippen molar-refractivity contribution in [3.05, 3.63) is 17.8 Å². The van der Waals surface area contributed by atoms with Gasteiger partial charge >= 0.3 is 0 Å². The van der Waals surface area contributed by atoms with Crippen molar-refractivity contribution in [3.8, 4) is 0 Å². The van der Waals surface area contributed by atoms with Gasteiger partial charge in [0.15, 0.2) is 15.7 Å². The lowest BCUT2D eigenvalue weighted by atomic mass is 10.0. The van der Waals surface area contributed by atoms with E-state index < -0.39 is 9.84 Å². The van der Waals surface area contributed by atoms with Crippen molar-refractivity contribution in [2.75, 3.05) is 24.6 Å². The van der Waals surface area contributed by atoms with Gasteiger partial charge in [-0.25, -0.2) is 13.4 Å². The van der Waals surface area contributed by atoms with Crippen molar-refractivity contribution in [2.45, 2.75) is 24.7 Å². The standard InChI is InChI=1S/C11H16N2O3S/c14-17(15)3-1-2-8(7-17)10-6-16-11(13-10)9-4-12-5-9/h6,8-9,12H,1-5,7H2. The van der Waals surface area contributed by atoms with Crippen molar-refractivity contribution < 1.29 is 12.8 Å². The summed E-state index contributed by atoms with van der Waals surface area (Å²) in [5.74, 6) is 1.69. The van der Waals surface area contributed by atoms with Gasteiger partial charge in [-0.2, -0.15) is 0 Å². The lowest BCUT2D eigenvalue weighted by Crippen LogP contribution is -2.40. The molecule has 5 nitrogen and oxygen atoms in total. The molecule has 0 spiro atoms. The third-order valence-corrected chi connectivity index (χ3v) is 5.37. The zero-order chi connectivity index (χ0) is 11.9. The number of nitrogens with one attached hydrogen (secondary N) is 1. The monoisotopic (exact) mass is 256 g/mol. The molecule has 0 radical (unpaired) electrons. The summed E-state index contributed by atoms with van der Waals surface area (Å²) in [7, 11) is -2.88. The SMILES string of the molecule is O=S1(=O)CCCC(c2coc(C3CNC3)n2)C1. The third-order valence-electron chi connectivity index (χ3n) is 3.55. The Labute approximate surface area is 101 Å². The topological polar surface area (TPSA) is 72.2 Å². The first kappa shape index (κ1) is 11.2. The highest BCUT2D eigenvalue weighted by Gasteiger charge is 2.30. The predicted molar refractivity (Wildman–Crippen MR) is 62.7 cm³/mol. The first-order valence-electron chi connectivity index (χ1n) is 6.00. The first-order valence-corrected chi connectivity index (χ1v) is 7.83. The molecule has 2 aliphatic rings. The Balaban J connectivity index is 1.77. The van der Waals surface area contributed by atoms with Crippen LogP contribution >= 0.6 is 0 Å². The maximum Gasteiger partial charge on any atom is 0.199 e. The van der Waals surface area contributed by atoms with E-state index in [4.69, 9.17) is 4.42 Å². The van der Waals surface area contributed by atoms with E-state index in [2.05, 4.69) is 10.3 Å². The summed E-state index contributed by atoms with van der Waals surface area (Å²) in [6.07, 6.45) is 3.27. The van der Waals surface area contributed by atoms with Crippen LogP contribution < -0.4 is 5.32 Å². The molecule has 1 N–H and O–H groups in total. The molecule has 0 saturated carbocycles. The van der Waals surface area contributed by atoms with Crippen LogP contribution in [0.25, 0.3) is 0 Å². The highest BCUT2D eigenvalue weighted by molar-refractivity contribution is 7.91. The van der Waals surface area contributed by atoms with Crippen LogP contribution in [0, 0.1) is 0 Å². The number of hydrogen-bond acceptors (Lipinski definition) is 5.